The van der Waals surface area contributed by atoms with Gasteiger partial charge in [0, 0.05) is 69.0 Å². The molecule has 0 bridgehead atoms. The van der Waals surface area contributed by atoms with E-state index >= 15 is 0 Å². The summed E-state index contributed by atoms with van der Waals surface area (Å²) in [6.45, 7) is 7.42. The molecule has 3 aliphatic heterocycles. The number of likely N-dealkylation sites (tertiary alicyclic amines) is 2. The number of benzene rings is 1. The summed E-state index contributed by atoms with van der Waals surface area (Å²) < 4.78 is 74.4. The Morgan fingerprint density at radius 1 is 0.870 bits per heavy atom. The molecule has 3 aliphatic rings. The van der Waals surface area contributed by atoms with Gasteiger partial charge in [0.15, 0.2) is 0 Å². The molecule has 46 heavy (non-hydrogen) atoms. The molecule has 0 atom stereocenters. The third-order valence-electron chi connectivity index (χ3n) is 7.92. The number of carbonyl (C=O) groups is 2. The van der Waals surface area contributed by atoms with E-state index in [-0.39, 0.29) is 5.60 Å². The third-order valence-corrected chi connectivity index (χ3v) is 7.92. The molecule has 5 heterocycles. The maximum atomic E-state index is 10.6. The summed E-state index contributed by atoms with van der Waals surface area (Å²) in [4.78, 5) is 22.9. The monoisotopic (exact) mass is 660 g/mol. The molecular weight excluding hydrogens is 626 g/mol. The van der Waals surface area contributed by atoms with Crippen LogP contribution < -0.4 is 4.74 Å². The van der Waals surface area contributed by atoms with Gasteiger partial charge in [-0.1, -0.05) is 12.1 Å². The van der Waals surface area contributed by atoms with Gasteiger partial charge in [-0.05, 0) is 38.1 Å². The predicted octanol–water partition coefficient (Wildman–Crippen LogP) is 4.53. The number of fused-ring (bicyclic) bond motifs is 4. The maximum absolute atomic E-state index is 10.6. The van der Waals surface area contributed by atoms with Crippen molar-refractivity contribution in [1.29, 1.82) is 0 Å². The van der Waals surface area contributed by atoms with E-state index in [1.807, 2.05) is 17.9 Å². The Labute approximate surface area is 259 Å². The molecule has 0 amide bonds. The van der Waals surface area contributed by atoms with E-state index in [0.717, 1.165) is 51.3 Å². The molecule has 0 radical (unpaired) electrons. The minimum Gasteiger partial charge on any atom is -0.482 e. The number of ether oxygens (including phenoxy) is 1. The lowest BCUT2D eigenvalue weighted by molar-refractivity contribution is -0.193. The lowest BCUT2D eigenvalue weighted by Crippen LogP contribution is -2.47. The molecule has 1 spiro atoms. The van der Waals surface area contributed by atoms with Crippen LogP contribution >= 0.6 is 0 Å². The summed E-state index contributed by atoms with van der Waals surface area (Å²) in [6.07, 6.45) is 0.615. The van der Waals surface area contributed by atoms with Gasteiger partial charge in [-0.15, -0.1) is 0 Å². The highest BCUT2D eigenvalue weighted by Gasteiger charge is 2.45. The van der Waals surface area contributed by atoms with Gasteiger partial charge in [0.05, 0.1) is 24.6 Å². The van der Waals surface area contributed by atoms with Gasteiger partial charge in [0.25, 0.3) is 0 Å². The second kappa shape index (κ2) is 14.1. The van der Waals surface area contributed by atoms with Gasteiger partial charge in [-0.2, -0.15) is 36.5 Å². The summed E-state index contributed by atoms with van der Waals surface area (Å²) in [5.41, 5.74) is 4.73. The third kappa shape index (κ3) is 8.57. The number of piperidine rings is 1. The number of nitrogens with zero attached hydrogens (tertiary/aromatic N) is 6. The number of carboxylic acids is 2. The van der Waals surface area contributed by atoms with Crippen LogP contribution in [-0.2, 0) is 35.3 Å². The van der Waals surface area contributed by atoms with E-state index in [2.05, 4.69) is 56.2 Å². The van der Waals surface area contributed by atoms with Gasteiger partial charge in [0.1, 0.15) is 11.4 Å². The first-order chi connectivity index (χ1) is 21.6. The van der Waals surface area contributed by atoms with Gasteiger partial charge < -0.3 is 19.8 Å². The van der Waals surface area contributed by atoms with Crippen LogP contribution in [0, 0.1) is 0 Å². The maximum Gasteiger partial charge on any atom is 0.490 e. The Hall–Kier alpha value is -4.12. The van der Waals surface area contributed by atoms with E-state index in [1.165, 1.54) is 48.3 Å². The van der Waals surface area contributed by atoms with Gasteiger partial charge in [-0.25, -0.2) is 9.59 Å². The lowest BCUT2D eigenvalue weighted by Gasteiger charge is -2.44. The fourth-order valence-corrected chi connectivity index (χ4v) is 5.69. The van der Waals surface area contributed by atoms with Crippen molar-refractivity contribution >= 4 is 11.9 Å². The topological polar surface area (TPSA) is 126 Å². The zero-order valence-corrected chi connectivity index (χ0v) is 24.9. The molecule has 0 aliphatic carbocycles. The number of alkyl halides is 6. The molecule has 2 aromatic heterocycles. The number of carboxylic acid groups (broad SMARTS) is 2. The Bertz CT molecular complexity index is 1470. The Morgan fingerprint density at radius 2 is 1.46 bits per heavy atom. The summed E-state index contributed by atoms with van der Waals surface area (Å²) in [5, 5.41) is 23.5. The number of halogens is 6. The van der Waals surface area contributed by atoms with Crippen LogP contribution in [0.1, 0.15) is 36.8 Å². The zero-order valence-electron chi connectivity index (χ0n) is 24.9. The minimum atomic E-state index is -5.08. The number of aliphatic carboxylic acids is 2. The molecule has 2 N–H and O–H groups in total. The zero-order chi connectivity index (χ0) is 33.7. The first-order valence-electron chi connectivity index (χ1n) is 14.5. The molecule has 6 rings (SSSR count). The standard InChI is InChI=1S/C25H32N6O.2C2HF3O2/c1-28-18-20(16-26-28)19-30-12-8-25(9-13-30)22-17-27-31(15-14-29-10-4-5-11-29)24(22)21-6-2-3-7-23(21)32-25;2*3-2(4,5)1(6)7/h2-3,6-7,16-18H,4-5,8-15,19H2,1H3;2*(H,6,7). The molecule has 2 saturated heterocycles. The van der Waals surface area contributed by atoms with Crippen LogP contribution in [0.2, 0.25) is 0 Å². The van der Waals surface area contributed by atoms with Crippen LogP contribution in [0.5, 0.6) is 5.75 Å². The molecule has 0 saturated carbocycles. The number of aryl methyl sites for hydroxylation is 1. The number of aromatic nitrogens is 4. The fourth-order valence-electron chi connectivity index (χ4n) is 5.69. The van der Waals surface area contributed by atoms with E-state index < -0.39 is 24.3 Å². The molecule has 3 aromatic rings. The van der Waals surface area contributed by atoms with Crippen molar-refractivity contribution in [2.75, 3.05) is 32.7 Å². The van der Waals surface area contributed by atoms with Crippen molar-refractivity contribution in [2.24, 2.45) is 7.05 Å². The summed E-state index contributed by atoms with van der Waals surface area (Å²) >= 11 is 0. The van der Waals surface area contributed by atoms with E-state index in [9.17, 15) is 26.3 Å². The normalized spacial score (nSPS) is 17.5. The van der Waals surface area contributed by atoms with E-state index in [0.29, 0.717) is 0 Å². The Balaban J connectivity index is 0.000000289. The van der Waals surface area contributed by atoms with Gasteiger partial charge in [-0.3, -0.25) is 14.3 Å². The smallest absolute Gasteiger partial charge is 0.482 e. The number of rotatable bonds is 5. The van der Waals surface area contributed by atoms with Gasteiger partial charge in [0.2, 0.25) is 0 Å². The molecule has 2 fully saturated rings. The predicted molar refractivity (Wildman–Crippen MR) is 151 cm³/mol. The summed E-state index contributed by atoms with van der Waals surface area (Å²) in [6, 6.07) is 8.50. The highest BCUT2D eigenvalue weighted by Crippen LogP contribution is 2.49. The quantitative estimate of drug-likeness (QED) is 0.380. The van der Waals surface area contributed by atoms with Crippen molar-refractivity contribution in [3.05, 3.63) is 54.0 Å². The summed E-state index contributed by atoms with van der Waals surface area (Å²) in [5.74, 6) is -4.51. The Morgan fingerprint density at radius 3 is 2.00 bits per heavy atom. The molecule has 252 valence electrons. The Kier molecular flexibility index (Phi) is 10.7. The lowest BCUT2D eigenvalue weighted by atomic mass is 9.81. The SMILES string of the molecule is Cn1cc(CN2CCC3(CC2)Oc2ccccc2-c2c3cnn2CCN2CCCC2)cn1.O=C(O)C(F)(F)F.O=C(O)C(F)(F)F. The first-order valence-corrected chi connectivity index (χ1v) is 14.5. The van der Waals surface area contributed by atoms with Crippen molar-refractivity contribution < 1.29 is 50.9 Å². The molecule has 0 unspecified atom stereocenters. The first kappa shape index (κ1) is 34.7. The fraction of sp³-hybridized carbons (Fsp3) is 0.517. The molecular formula is C29H34F6N6O5. The molecule has 1 aromatic carbocycles. The van der Waals surface area contributed by atoms with E-state index in [4.69, 9.17) is 29.6 Å². The summed E-state index contributed by atoms with van der Waals surface area (Å²) in [7, 11) is 1.98. The highest BCUT2D eigenvalue weighted by atomic mass is 19.4. The van der Waals surface area contributed by atoms with Crippen LogP contribution in [0.25, 0.3) is 11.3 Å². The minimum absolute atomic E-state index is 0.277. The number of para-hydroxylation sites is 1. The van der Waals surface area contributed by atoms with Crippen LogP contribution in [0.4, 0.5) is 26.3 Å². The average Bonchev–Trinajstić information content (AvgIpc) is 3.75. The van der Waals surface area contributed by atoms with Crippen molar-refractivity contribution in [3.8, 4) is 17.0 Å². The molecule has 17 heteroatoms. The second-order valence-electron chi connectivity index (χ2n) is 11.2. The van der Waals surface area contributed by atoms with Crippen LogP contribution in [-0.4, -0.2) is 96.6 Å². The van der Waals surface area contributed by atoms with Crippen LogP contribution in [0.15, 0.2) is 42.9 Å². The van der Waals surface area contributed by atoms with Crippen molar-refractivity contribution in [3.63, 3.8) is 0 Å². The second-order valence-corrected chi connectivity index (χ2v) is 11.2. The average molecular weight is 661 g/mol. The van der Waals surface area contributed by atoms with Gasteiger partial charge >= 0.3 is 24.3 Å². The van der Waals surface area contributed by atoms with Crippen LogP contribution in [0.3, 0.4) is 0 Å². The highest BCUT2D eigenvalue weighted by molar-refractivity contribution is 5.74. The number of hydrogen-bond donors (Lipinski definition) is 2. The molecule has 11 nitrogen and oxygen atoms in total. The van der Waals surface area contributed by atoms with Crippen molar-refractivity contribution in [2.45, 2.75) is 56.7 Å². The largest absolute Gasteiger partial charge is 0.490 e. The van der Waals surface area contributed by atoms with Crippen molar-refractivity contribution in [1.82, 2.24) is 29.4 Å². The van der Waals surface area contributed by atoms with E-state index in [1.54, 1.807) is 0 Å². The number of hydrogen-bond acceptors (Lipinski definition) is 7.